The Morgan fingerprint density at radius 2 is 1.15 bits per heavy atom. The summed E-state index contributed by atoms with van der Waals surface area (Å²) in [5, 5.41) is 0. The molecule has 0 radical (unpaired) electrons. The van der Waals surface area contributed by atoms with Crippen molar-refractivity contribution in [3.8, 4) is 0 Å². The van der Waals surface area contributed by atoms with Gasteiger partial charge in [-0.25, -0.2) is 0 Å². The van der Waals surface area contributed by atoms with Crippen LogP contribution in [0.5, 0.6) is 0 Å². The van der Waals surface area contributed by atoms with Crippen LogP contribution in [0.15, 0.2) is 0 Å². The zero-order valence-electron chi connectivity index (χ0n) is 9.42. The van der Waals surface area contributed by atoms with Crippen LogP contribution >= 0.6 is 0 Å². The molecule has 0 aliphatic heterocycles. The Balaban J connectivity index is 4.38. The molecule has 0 atom stereocenters. The molecule has 0 fully saturated rings. The Kier molecular flexibility index (Phi) is 7.04. The third-order valence-corrected chi connectivity index (χ3v) is 9.06. The molecule has 0 heterocycles. The van der Waals surface area contributed by atoms with Gasteiger partial charge in [0.15, 0.2) is 0 Å². The molecule has 0 saturated carbocycles. The van der Waals surface area contributed by atoms with E-state index in [4.69, 9.17) is 11.3 Å². The molecule has 0 aliphatic carbocycles. The predicted molar refractivity (Wildman–Crippen MR) is 55.7 cm³/mol. The average Bonchev–Trinajstić information content (AvgIpc) is 2.05. The van der Waals surface area contributed by atoms with Gasteiger partial charge in [-0.15, -0.1) is 0 Å². The molecule has 80 valence electrons. The van der Waals surface area contributed by atoms with Crippen molar-refractivity contribution in [3.63, 3.8) is 0 Å². The van der Waals surface area contributed by atoms with Crippen molar-refractivity contribution in [2.45, 2.75) is 39.4 Å². The standard InChI is InChI=1S/C9H22GeO3/c1-6-11-10(9(4)5,12-7-2)13-8-3/h9H,6-8H2,1-5H3. The van der Waals surface area contributed by atoms with Crippen molar-refractivity contribution >= 4 is 14.3 Å². The van der Waals surface area contributed by atoms with Crippen LogP contribution in [-0.2, 0) is 11.3 Å². The van der Waals surface area contributed by atoms with Gasteiger partial charge in [-0.05, 0) is 0 Å². The van der Waals surface area contributed by atoms with Crippen LogP contribution in [0.2, 0.25) is 4.75 Å². The molecular weight excluding hydrogens is 229 g/mol. The third kappa shape index (κ3) is 3.98. The van der Waals surface area contributed by atoms with Gasteiger partial charge < -0.3 is 0 Å². The Labute approximate surface area is 85.1 Å². The topological polar surface area (TPSA) is 27.7 Å². The monoisotopic (exact) mass is 252 g/mol. The van der Waals surface area contributed by atoms with Gasteiger partial charge in [-0.3, -0.25) is 0 Å². The van der Waals surface area contributed by atoms with Crippen LogP contribution in [0.3, 0.4) is 0 Å². The van der Waals surface area contributed by atoms with Gasteiger partial charge in [0, 0.05) is 0 Å². The molecule has 0 aromatic carbocycles. The molecule has 0 spiro atoms. The van der Waals surface area contributed by atoms with Crippen molar-refractivity contribution in [1.29, 1.82) is 0 Å². The van der Waals surface area contributed by atoms with E-state index in [1.807, 2.05) is 20.8 Å². The first-order chi connectivity index (χ1) is 6.13. The van der Waals surface area contributed by atoms with Crippen LogP contribution in [0.1, 0.15) is 34.6 Å². The predicted octanol–water partition coefficient (Wildman–Crippen LogP) is 2.44. The minimum atomic E-state index is -2.91. The SMILES string of the molecule is CC[O][Ge]([O]CC)([O]CC)[CH](C)C. The summed E-state index contributed by atoms with van der Waals surface area (Å²) >= 11 is -2.91. The molecule has 0 rings (SSSR count). The first-order valence-corrected chi connectivity index (χ1v) is 8.82. The molecule has 0 unspecified atom stereocenters. The molecule has 13 heavy (non-hydrogen) atoms. The summed E-state index contributed by atoms with van der Waals surface area (Å²) in [4.78, 5) is 0. The van der Waals surface area contributed by atoms with Gasteiger partial charge in [0.05, 0.1) is 0 Å². The van der Waals surface area contributed by atoms with E-state index in [1.165, 1.54) is 0 Å². The molecule has 0 aliphatic rings. The summed E-state index contributed by atoms with van der Waals surface area (Å²) in [5.41, 5.74) is 0. The Hall–Kier alpha value is 0.423. The van der Waals surface area contributed by atoms with E-state index < -0.39 is 14.3 Å². The second-order valence-corrected chi connectivity index (χ2v) is 9.83. The molecule has 0 amide bonds. The maximum absolute atomic E-state index is 5.71. The van der Waals surface area contributed by atoms with E-state index in [0.29, 0.717) is 24.6 Å². The summed E-state index contributed by atoms with van der Waals surface area (Å²) in [6, 6.07) is 0. The van der Waals surface area contributed by atoms with Gasteiger partial charge in [-0.1, -0.05) is 0 Å². The van der Waals surface area contributed by atoms with Gasteiger partial charge >= 0.3 is 84.8 Å². The fourth-order valence-electron chi connectivity index (χ4n) is 1.23. The Morgan fingerprint density at radius 3 is 1.31 bits per heavy atom. The van der Waals surface area contributed by atoms with Crippen LogP contribution in [0.4, 0.5) is 0 Å². The Bertz CT molecular complexity index is 111. The summed E-state index contributed by atoms with van der Waals surface area (Å²) in [5.74, 6) is 0. The van der Waals surface area contributed by atoms with E-state index >= 15 is 0 Å². The molecule has 0 aromatic rings. The fourth-order valence-corrected chi connectivity index (χ4v) is 6.38. The van der Waals surface area contributed by atoms with Gasteiger partial charge in [0.2, 0.25) is 0 Å². The summed E-state index contributed by atoms with van der Waals surface area (Å²) in [6.07, 6.45) is 0. The quantitative estimate of drug-likeness (QED) is 0.650. The Morgan fingerprint density at radius 1 is 0.846 bits per heavy atom. The second-order valence-electron chi connectivity index (χ2n) is 3.06. The average molecular weight is 251 g/mol. The zero-order valence-corrected chi connectivity index (χ0v) is 11.5. The molecule has 0 saturated heterocycles. The maximum atomic E-state index is 5.71. The van der Waals surface area contributed by atoms with Crippen LogP contribution < -0.4 is 0 Å². The molecular formula is C9H22GeO3. The molecule has 0 N–H and O–H groups in total. The zero-order chi connectivity index (χ0) is 10.3. The summed E-state index contributed by atoms with van der Waals surface area (Å²) in [6.45, 7) is 12.2. The normalized spacial score (nSPS) is 12.5. The van der Waals surface area contributed by atoms with Crippen molar-refractivity contribution in [1.82, 2.24) is 0 Å². The second kappa shape index (κ2) is 6.81. The van der Waals surface area contributed by atoms with Gasteiger partial charge in [0.1, 0.15) is 0 Å². The molecule has 3 nitrogen and oxygen atoms in total. The van der Waals surface area contributed by atoms with Crippen molar-refractivity contribution < 1.29 is 11.3 Å². The van der Waals surface area contributed by atoms with Crippen LogP contribution in [0.25, 0.3) is 0 Å². The molecule has 0 bridgehead atoms. The molecule has 0 aromatic heterocycles. The summed E-state index contributed by atoms with van der Waals surface area (Å²) in [7, 11) is 0. The molecule has 4 heteroatoms. The van der Waals surface area contributed by atoms with Crippen molar-refractivity contribution in [2.75, 3.05) is 19.8 Å². The number of rotatable bonds is 7. The first kappa shape index (κ1) is 13.4. The van der Waals surface area contributed by atoms with Crippen molar-refractivity contribution in [3.05, 3.63) is 0 Å². The van der Waals surface area contributed by atoms with E-state index in [2.05, 4.69) is 13.8 Å². The fraction of sp³-hybridized carbons (Fsp3) is 1.00. The first-order valence-electron chi connectivity index (χ1n) is 5.04. The van der Waals surface area contributed by atoms with Gasteiger partial charge in [-0.2, -0.15) is 0 Å². The van der Waals surface area contributed by atoms with E-state index in [1.54, 1.807) is 0 Å². The van der Waals surface area contributed by atoms with Crippen molar-refractivity contribution in [2.24, 2.45) is 0 Å². The summed E-state index contributed by atoms with van der Waals surface area (Å²) < 4.78 is 17.5. The van der Waals surface area contributed by atoms with E-state index in [9.17, 15) is 0 Å². The number of hydrogen-bond acceptors (Lipinski definition) is 3. The van der Waals surface area contributed by atoms with Gasteiger partial charge in [0.25, 0.3) is 0 Å². The third-order valence-electron chi connectivity index (χ3n) is 1.74. The van der Waals surface area contributed by atoms with E-state index in [-0.39, 0.29) is 0 Å². The van der Waals surface area contributed by atoms with E-state index in [0.717, 1.165) is 0 Å². The van der Waals surface area contributed by atoms with Crippen LogP contribution in [0, 0.1) is 0 Å². The van der Waals surface area contributed by atoms with Crippen LogP contribution in [-0.4, -0.2) is 34.1 Å². The minimum absolute atomic E-state index is 0.375. The number of hydrogen-bond donors (Lipinski definition) is 0.